The molecule has 1 aliphatic heterocycles. The van der Waals surface area contributed by atoms with Gasteiger partial charge in [-0.05, 0) is 13.3 Å². The molecule has 3 nitrogen and oxygen atoms in total. The average molecular weight is 156 g/mol. The van der Waals surface area contributed by atoms with Crippen molar-refractivity contribution in [1.29, 1.82) is 0 Å². The molecule has 0 aromatic carbocycles. The standard InChI is InChI=1S/C8H12O3/c1-2-10-8(9)6-5-3-4-11-7(5)6/h5-7H,2-4H2,1H3/t5-,6+,7+/m1/s1. The van der Waals surface area contributed by atoms with Crippen molar-refractivity contribution in [3.05, 3.63) is 0 Å². The third-order valence-corrected chi connectivity index (χ3v) is 2.42. The Hall–Kier alpha value is -0.570. The Morgan fingerprint density at radius 2 is 2.55 bits per heavy atom. The van der Waals surface area contributed by atoms with Crippen LogP contribution in [0.1, 0.15) is 13.3 Å². The molecule has 1 aliphatic carbocycles. The lowest BCUT2D eigenvalue weighted by Crippen LogP contribution is -2.12. The van der Waals surface area contributed by atoms with Crippen molar-refractivity contribution in [2.24, 2.45) is 11.8 Å². The molecule has 2 fully saturated rings. The summed E-state index contributed by atoms with van der Waals surface area (Å²) in [6, 6.07) is 0. The Bertz CT molecular complexity index is 168. The van der Waals surface area contributed by atoms with Gasteiger partial charge >= 0.3 is 5.97 Å². The number of esters is 1. The van der Waals surface area contributed by atoms with Crippen LogP contribution >= 0.6 is 0 Å². The molecule has 1 saturated carbocycles. The average Bonchev–Trinajstić information content (AvgIpc) is 2.47. The van der Waals surface area contributed by atoms with Gasteiger partial charge in [-0.3, -0.25) is 4.79 Å². The van der Waals surface area contributed by atoms with Gasteiger partial charge in [0.1, 0.15) is 0 Å². The van der Waals surface area contributed by atoms with E-state index in [4.69, 9.17) is 9.47 Å². The Balaban J connectivity index is 1.85. The number of rotatable bonds is 2. The first kappa shape index (κ1) is 7.10. The molecule has 0 unspecified atom stereocenters. The van der Waals surface area contributed by atoms with Gasteiger partial charge in [0.25, 0.3) is 0 Å². The molecule has 3 heteroatoms. The quantitative estimate of drug-likeness (QED) is 0.549. The maximum atomic E-state index is 11.1. The van der Waals surface area contributed by atoms with Gasteiger partial charge in [0.05, 0.1) is 18.6 Å². The summed E-state index contributed by atoms with van der Waals surface area (Å²) in [5, 5.41) is 0. The van der Waals surface area contributed by atoms with Gasteiger partial charge in [-0.25, -0.2) is 0 Å². The van der Waals surface area contributed by atoms with Gasteiger partial charge in [0.15, 0.2) is 0 Å². The molecule has 3 atom stereocenters. The SMILES string of the molecule is CCOC(=O)[C@H]1[C@H]2CCO[C@@H]21. The zero-order valence-electron chi connectivity index (χ0n) is 6.58. The third-order valence-electron chi connectivity index (χ3n) is 2.42. The number of fused-ring (bicyclic) bond motifs is 1. The van der Waals surface area contributed by atoms with Crippen LogP contribution in [0.2, 0.25) is 0 Å². The van der Waals surface area contributed by atoms with Gasteiger partial charge in [0.2, 0.25) is 0 Å². The maximum Gasteiger partial charge on any atom is 0.311 e. The predicted molar refractivity (Wildman–Crippen MR) is 38.0 cm³/mol. The van der Waals surface area contributed by atoms with Crippen LogP contribution in [-0.4, -0.2) is 25.3 Å². The molecule has 0 radical (unpaired) electrons. The lowest BCUT2D eigenvalue weighted by Gasteiger charge is -2.02. The molecule has 1 heterocycles. The van der Waals surface area contributed by atoms with Gasteiger partial charge < -0.3 is 9.47 Å². The summed E-state index contributed by atoms with van der Waals surface area (Å²) in [6.45, 7) is 3.14. The van der Waals surface area contributed by atoms with Crippen LogP contribution in [0.4, 0.5) is 0 Å². The largest absolute Gasteiger partial charge is 0.466 e. The fraction of sp³-hybridized carbons (Fsp3) is 0.875. The minimum Gasteiger partial charge on any atom is -0.466 e. The first-order valence-corrected chi connectivity index (χ1v) is 4.13. The Kier molecular flexibility index (Phi) is 1.60. The van der Waals surface area contributed by atoms with Crippen LogP contribution in [0.15, 0.2) is 0 Å². The van der Waals surface area contributed by atoms with Crippen LogP contribution in [0.3, 0.4) is 0 Å². The zero-order valence-corrected chi connectivity index (χ0v) is 6.58. The first-order valence-electron chi connectivity index (χ1n) is 4.13. The number of hydrogen-bond donors (Lipinski definition) is 0. The van der Waals surface area contributed by atoms with Crippen LogP contribution < -0.4 is 0 Å². The summed E-state index contributed by atoms with van der Waals surface area (Å²) in [5.74, 6) is 0.486. The summed E-state index contributed by atoms with van der Waals surface area (Å²) in [6.07, 6.45) is 1.24. The van der Waals surface area contributed by atoms with Crippen LogP contribution in [0.5, 0.6) is 0 Å². The monoisotopic (exact) mass is 156 g/mol. The van der Waals surface area contributed by atoms with Crippen LogP contribution in [0, 0.1) is 11.8 Å². The van der Waals surface area contributed by atoms with Crippen molar-refractivity contribution >= 4 is 5.97 Å². The Morgan fingerprint density at radius 3 is 3.09 bits per heavy atom. The summed E-state index contributed by atoms with van der Waals surface area (Å²) in [5.41, 5.74) is 0. The molecule has 0 amide bonds. The summed E-state index contributed by atoms with van der Waals surface area (Å²) < 4.78 is 10.2. The molecule has 0 spiro atoms. The van der Waals surface area contributed by atoms with E-state index < -0.39 is 0 Å². The van der Waals surface area contributed by atoms with E-state index in [1.165, 1.54) is 0 Å². The number of carbonyl (C=O) groups is 1. The number of carbonyl (C=O) groups excluding carboxylic acids is 1. The van der Waals surface area contributed by atoms with Gasteiger partial charge in [-0.15, -0.1) is 0 Å². The second-order valence-corrected chi connectivity index (χ2v) is 3.07. The second-order valence-electron chi connectivity index (χ2n) is 3.07. The van der Waals surface area contributed by atoms with E-state index in [0.29, 0.717) is 12.5 Å². The van der Waals surface area contributed by atoms with E-state index in [0.717, 1.165) is 13.0 Å². The van der Waals surface area contributed by atoms with E-state index in [1.54, 1.807) is 0 Å². The van der Waals surface area contributed by atoms with E-state index in [2.05, 4.69) is 0 Å². The third kappa shape index (κ3) is 1.03. The molecule has 1 saturated heterocycles. The Labute approximate surface area is 65.7 Å². The first-order chi connectivity index (χ1) is 5.34. The topological polar surface area (TPSA) is 35.5 Å². The minimum absolute atomic E-state index is 0.0674. The van der Waals surface area contributed by atoms with Crippen LogP contribution in [-0.2, 0) is 14.3 Å². The fourth-order valence-electron chi connectivity index (χ4n) is 1.80. The van der Waals surface area contributed by atoms with E-state index in [9.17, 15) is 4.79 Å². The van der Waals surface area contributed by atoms with Crippen molar-refractivity contribution in [3.8, 4) is 0 Å². The van der Waals surface area contributed by atoms with Gasteiger partial charge in [0, 0.05) is 12.5 Å². The molecular formula is C8H12O3. The normalized spacial score (nSPS) is 39.9. The van der Waals surface area contributed by atoms with Crippen LogP contribution in [0.25, 0.3) is 0 Å². The molecular weight excluding hydrogens is 144 g/mol. The summed E-state index contributed by atoms with van der Waals surface area (Å²) >= 11 is 0. The molecule has 11 heavy (non-hydrogen) atoms. The summed E-state index contributed by atoms with van der Waals surface area (Å²) in [7, 11) is 0. The maximum absolute atomic E-state index is 11.1. The predicted octanol–water partition coefficient (Wildman–Crippen LogP) is 0.584. The molecule has 0 aromatic rings. The Morgan fingerprint density at radius 1 is 1.73 bits per heavy atom. The smallest absolute Gasteiger partial charge is 0.311 e. The highest BCUT2D eigenvalue weighted by atomic mass is 16.5. The molecule has 62 valence electrons. The molecule has 0 N–H and O–H groups in total. The van der Waals surface area contributed by atoms with Crippen molar-refractivity contribution in [3.63, 3.8) is 0 Å². The number of ether oxygens (including phenoxy) is 2. The summed E-state index contributed by atoms with van der Waals surface area (Å²) in [4.78, 5) is 11.1. The molecule has 0 aromatic heterocycles. The van der Waals surface area contributed by atoms with Crippen molar-refractivity contribution in [2.45, 2.75) is 19.4 Å². The van der Waals surface area contributed by atoms with E-state index in [-0.39, 0.29) is 18.0 Å². The molecule has 2 rings (SSSR count). The zero-order chi connectivity index (χ0) is 7.84. The minimum atomic E-state index is -0.0674. The fourth-order valence-corrected chi connectivity index (χ4v) is 1.80. The van der Waals surface area contributed by atoms with Gasteiger partial charge in [-0.2, -0.15) is 0 Å². The van der Waals surface area contributed by atoms with E-state index in [1.807, 2.05) is 6.92 Å². The lowest BCUT2D eigenvalue weighted by atomic mass is 10.2. The lowest BCUT2D eigenvalue weighted by molar-refractivity contribution is -0.146. The van der Waals surface area contributed by atoms with Crippen molar-refractivity contribution < 1.29 is 14.3 Å². The van der Waals surface area contributed by atoms with E-state index >= 15 is 0 Å². The molecule has 2 aliphatic rings. The van der Waals surface area contributed by atoms with Crippen molar-refractivity contribution in [1.82, 2.24) is 0 Å². The highest BCUT2D eigenvalue weighted by Crippen LogP contribution is 2.49. The highest BCUT2D eigenvalue weighted by Gasteiger charge is 2.59. The van der Waals surface area contributed by atoms with Crippen molar-refractivity contribution in [2.75, 3.05) is 13.2 Å². The van der Waals surface area contributed by atoms with Gasteiger partial charge in [-0.1, -0.05) is 0 Å². The number of hydrogen-bond acceptors (Lipinski definition) is 3. The second kappa shape index (κ2) is 2.48. The highest BCUT2D eigenvalue weighted by molar-refractivity contribution is 5.77. The molecule has 0 bridgehead atoms.